The van der Waals surface area contributed by atoms with Crippen LogP contribution in [0.25, 0.3) is 0 Å². The van der Waals surface area contributed by atoms with Crippen molar-refractivity contribution in [1.29, 1.82) is 0 Å². The predicted octanol–water partition coefficient (Wildman–Crippen LogP) is 2.41. The van der Waals surface area contributed by atoms with Crippen molar-refractivity contribution < 1.29 is 4.79 Å². The molecule has 2 N–H and O–H groups in total. The molecular formula is C15H22N2O. The molecule has 1 saturated heterocycles. The SMILES string of the molecule is CC1(C)CCCN(C(=O)c2ccc(CN)cc2)C1. The van der Waals surface area contributed by atoms with Crippen molar-refractivity contribution >= 4 is 5.91 Å². The summed E-state index contributed by atoms with van der Waals surface area (Å²) in [6.07, 6.45) is 2.29. The van der Waals surface area contributed by atoms with Crippen LogP contribution in [0.5, 0.6) is 0 Å². The van der Waals surface area contributed by atoms with Gasteiger partial charge in [0, 0.05) is 25.2 Å². The lowest BCUT2D eigenvalue weighted by atomic mass is 9.84. The number of rotatable bonds is 2. The van der Waals surface area contributed by atoms with Crippen LogP contribution in [0.2, 0.25) is 0 Å². The molecule has 0 aliphatic carbocycles. The Hall–Kier alpha value is -1.35. The molecule has 18 heavy (non-hydrogen) atoms. The van der Waals surface area contributed by atoms with Crippen LogP contribution in [0.15, 0.2) is 24.3 Å². The van der Waals surface area contributed by atoms with E-state index in [4.69, 9.17) is 5.73 Å². The second-order valence-corrected chi connectivity index (χ2v) is 5.90. The van der Waals surface area contributed by atoms with Gasteiger partial charge in [0.15, 0.2) is 0 Å². The molecule has 1 aromatic rings. The third kappa shape index (κ3) is 2.91. The summed E-state index contributed by atoms with van der Waals surface area (Å²) in [6, 6.07) is 7.63. The number of benzene rings is 1. The van der Waals surface area contributed by atoms with E-state index in [1.807, 2.05) is 29.2 Å². The van der Waals surface area contributed by atoms with Crippen LogP contribution >= 0.6 is 0 Å². The number of carbonyl (C=O) groups is 1. The highest BCUT2D eigenvalue weighted by molar-refractivity contribution is 5.94. The van der Waals surface area contributed by atoms with E-state index in [-0.39, 0.29) is 11.3 Å². The molecule has 0 bridgehead atoms. The number of likely N-dealkylation sites (tertiary alicyclic amines) is 1. The van der Waals surface area contributed by atoms with Gasteiger partial charge in [-0.1, -0.05) is 26.0 Å². The molecule has 3 nitrogen and oxygen atoms in total. The summed E-state index contributed by atoms with van der Waals surface area (Å²) in [5.41, 5.74) is 7.63. The molecule has 98 valence electrons. The molecule has 0 spiro atoms. The van der Waals surface area contributed by atoms with Gasteiger partial charge in [0.1, 0.15) is 0 Å². The summed E-state index contributed by atoms with van der Waals surface area (Å²) in [5, 5.41) is 0. The number of nitrogens with zero attached hydrogens (tertiary/aromatic N) is 1. The van der Waals surface area contributed by atoms with Gasteiger partial charge in [0.2, 0.25) is 0 Å². The Morgan fingerprint density at radius 1 is 1.33 bits per heavy atom. The van der Waals surface area contributed by atoms with Crippen LogP contribution < -0.4 is 5.73 Å². The zero-order chi connectivity index (χ0) is 13.2. The van der Waals surface area contributed by atoms with Crippen molar-refractivity contribution in [3.05, 3.63) is 35.4 Å². The van der Waals surface area contributed by atoms with E-state index in [2.05, 4.69) is 13.8 Å². The average Bonchev–Trinajstić information content (AvgIpc) is 2.37. The molecule has 0 radical (unpaired) electrons. The van der Waals surface area contributed by atoms with Crippen LogP contribution in [0, 0.1) is 5.41 Å². The minimum absolute atomic E-state index is 0.145. The van der Waals surface area contributed by atoms with Gasteiger partial charge in [-0.3, -0.25) is 4.79 Å². The maximum atomic E-state index is 12.4. The Labute approximate surface area is 109 Å². The van der Waals surface area contributed by atoms with Crippen molar-refractivity contribution in [2.45, 2.75) is 33.2 Å². The van der Waals surface area contributed by atoms with Crippen molar-refractivity contribution in [3.63, 3.8) is 0 Å². The highest BCUT2D eigenvalue weighted by Crippen LogP contribution is 2.29. The van der Waals surface area contributed by atoms with E-state index < -0.39 is 0 Å². The van der Waals surface area contributed by atoms with Crippen molar-refractivity contribution in [2.24, 2.45) is 11.1 Å². The summed E-state index contributed by atoms with van der Waals surface area (Å²) >= 11 is 0. The summed E-state index contributed by atoms with van der Waals surface area (Å²) in [7, 11) is 0. The minimum Gasteiger partial charge on any atom is -0.338 e. The van der Waals surface area contributed by atoms with E-state index in [0.717, 1.165) is 30.6 Å². The summed E-state index contributed by atoms with van der Waals surface area (Å²) in [5.74, 6) is 0.145. The molecular weight excluding hydrogens is 224 g/mol. The maximum Gasteiger partial charge on any atom is 0.253 e. The van der Waals surface area contributed by atoms with Gasteiger partial charge in [-0.25, -0.2) is 0 Å². The number of piperidine rings is 1. The fourth-order valence-electron chi connectivity index (χ4n) is 2.56. The van der Waals surface area contributed by atoms with Gasteiger partial charge in [-0.2, -0.15) is 0 Å². The standard InChI is InChI=1S/C15H22N2O/c1-15(2)8-3-9-17(11-15)14(18)13-6-4-12(10-16)5-7-13/h4-7H,3,8-11,16H2,1-2H3. The van der Waals surface area contributed by atoms with Gasteiger partial charge in [0.25, 0.3) is 5.91 Å². The lowest BCUT2D eigenvalue weighted by Crippen LogP contribution is -2.43. The Balaban J connectivity index is 2.10. The second kappa shape index (κ2) is 5.11. The fourth-order valence-corrected chi connectivity index (χ4v) is 2.56. The second-order valence-electron chi connectivity index (χ2n) is 5.90. The Kier molecular flexibility index (Phi) is 3.71. The Morgan fingerprint density at radius 3 is 2.56 bits per heavy atom. The molecule has 1 heterocycles. The quantitative estimate of drug-likeness (QED) is 0.871. The van der Waals surface area contributed by atoms with Crippen LogP contribution in [0.1, 0.15) is 42.6 Å². The molecule has 2 rings (SSSR count). The molecule has 1 aliphatic heterocycles. The summed E-state index contributed by atoms with van der Waals surface area (Å²) < 4.78 is 0. The first kappa shape index (κ1) is 13.1. The molecule has 0 atom stereocenters. The largest absolute Gasteiger partial charge is 0.338 e. The third-order valence-corrected chi connectivity index (χ3v) is 3.62. The first-order chi connectivity index (χ1) is 8.52. The molecule has 1 amide bonds. The molecule has 0 unspecified atom stereocenters. The summed E-state index contributed by atoms with van der Waals surface area (Å²) in [4.78, 5) is 14.4. The predicted molar refractivity (Wildman–Crippen MR) is 73.3 cm³/mol. The van der Waals surface area contributed by atoms with Crippen LogP contribution in [0.4, 0.5) is 0 Å². The van der Waals surface area contributed by atoms with Gasteiger partial charge in [-0.05, 0) is 36.0 Å². The lowest BCUT2D eigenvalue weighted by Gasteiger charge is -2.38. The number of nitrogens with two attached hydrogens (primary N) is 1. The molecule has 1 aromatic carbocycles. The first-order valence-corrected chi connectivity index (χ1v) is 6.60. The Morgan fingerprint density at radius 2 is 2.00 bits per heavy atom. The smallest absolute Gasteiger partial charge is 0.253 e. The highest BCUT2D eigenvalue weighted by Gasteiger charge is 2.29. The van der Waals surface area contributed by atoms with E-state index >= 15 is 0 Å². The zero-order valence-corrected chi connectivity index (χ0v) is 11.3. The van der Waals surface area contributed by atoms with Crippen molar-refractivity contribution in [3.8, 4) is 0 Å². The third-order valence-electron chi connectivity index (χ3n) is 3.62. The number of amides is 1. The average molecular weight is 246 g/mol. The monoisotopic (exact) mass is 246 g/mol. The molecule has 0 saturated carbocycles. The maximum absolute atomic E-state index is 12.4. The Bertz CT molecular complexity index is 423. The zero-order valence-electron chi connectivity index (χ0n) is 11.3. The van der Waals surface area contributed by atoms with Crippen LogP contribution in [0.3, 0.4) is 0 Å². The van der Waals surface area contributed by atoms with Gasteiger partial charge < -0.3 is 10.6 Å². The molecule has 1 fully saturated rings. The molecule has 1 aliphatic rings. The van der Waals surface area contributed by atoms with Crippen LogP contribution in [-0.4, -0.2) is 23.9 Å². The number of carbonyl (C=O) groups excluding carboxylic acids is 1. The number of hydrogen-bond donors (Lipinski definition) is 1. The van der Waals surface area contributed by atoms with Crippen LogP contribution in [-0.2, 0) is 6.54 Å². The van der Waals surface area contributed by atoms with E-state index in [9.17, 15) is 4.79 Å². The van der Waals surface area contributed by atoms with Gasteiger partial charge in [-0.15, -0.1) is 0 Å². The topological polar surface area (TPSA) is 46.3 Å². The number of hydrogen-bond acceptors (Lipinski definition) is 2. The molecule has 3 heteroatoms. The van der Waals surface area contributed by atoms with E-state index in [0.29, 0.717) is 6.54 Å². The van der Waals surface area contributed by atoms with Gasteiger partial charge in [0.05, 0.1) is 0 Å². The van der Waals surface area contributed by atoms with Gasteiger partial charge >= 0.3 is 0 Å². The normalized spacial score (nSPS) is 18.7. The van der Waals surface area contributed by atoms with Crippen molar-refractivity contribution in [2.75, 3.05) is 13.1 Å². The minimum atomic E-state index is 0.145. The van der Waals surface area contributed by atoms with E-state index in [1.54, 1.807) is 0 Å². The summed E-state index contributed by atoms with van der Waals surface area (Å²) in [6.45, 7) is 6.70. The first-order valence-electron chi connectivity index (χ1n) is 6.60. The van der Waals surface area contributed by atoms with E-state index in [1.165, 1.54) is 6.42 Å². The highest BCUT2D eigenvalue weighted by atomic mass is 16.2. The molecule has 0 aromatic heterocycles. The van der Waals surface area contributed by atoms with Crippen molar-refractivity contribution in [1.82, 2.24) is 4.90 Å². The lowest BCUT2D eigenvalue weighted by molar-refractivity contribution is 0.0583. The fraction of sp³-hybridized carbons (Fsp3) is 0.533.